The van der Waals surface area contributed by atoms with Crippen molar-refractivity contribution < 1.29 is 4.79 Å². The van der Waals surface area contributed by atoms with Crippen LogP contribution in [0.2, 0.25) is 0 Å². The Morgan fingerprint density at radius 2 is 1.69 bits per heavy atom. The Kier molecular flexibility index (Phi) is 5.51. The van der Waals surface area contributed by atoms with E-state index in [0.717, 1.165) is 67.2 Å². The molecule has 1 heterocycles. The number of carbonyl (C=O) groups excluding carboxylic acids is 1. The van der Waals surface area contributed by atoms with Gasteiger partial charge in [-0.3, -0.25) is 4.79 Å². The van der Waals surface area contributed by atoms with E-state index in [1.165, 1.54) is 63.3 Å². The molecule has 0 unspecified atom stereocenters. The molecule has 4 bridgehead atoms. The van der Waals surface area contributed by atoms with Crippen molar-refractivity contribution >= 4 is 16.9 Å². The summed E-state index contributed by atoms with van der Waals surface area (Å²) >= 11 is 0. The predicted molar refractivity (Wildman–Crippen MR) is 128 cm³/mol. The Labute approximate surface area is 192 Å². The fraction of sp³-hybridized carbons (Fsp3) is 0.714. The van der Waals surface area contributed by atoms with E-state index in [4.69, 9.17) is 4.98 Å². The third-order valence-corrected chi connectivity index (χ3v) is 9.37. The van der Waals surface area contributed by atoms with E-state index in [1.807, 2.05) is 0 Å². The van der Waals surface area contributed by atoms with Crippen molar-refractivity contribution in [3.63, 3.8) is 0 Å². The molecule has 5 saturated carbocycles. The van der Waals surface area contributed by atoms with E-state index in [0.29, 0.717) is 12.5 Å². The molecule has 0 spiro atoms. The zero-order valence-corrected chi connectivity index (χ0v) is 19.5. The van der Waals surface area contributed by atoms with E-state index >= 15 is 0 Å². The predicted octanol–water partition coefficient (Wildman–Crippen LogP) is 5.88. The van der Waals surface area contributed by atoms with E-state index < -0.39 is 0 Å². The van der Waals surface area contributed by atoms with Crippen LogP contribution in [0.15, 0.2) is 24.3 Å². The number of aryl methyl sites for hydroxylation is 1. The van der Waals surface area contributed by atoms with Gasteiger partial charge in [0.2, 0.25) is 5.91 Å². The van der Waals surface area contributed by atoms with E-state index in [-0.39, 0.29) is 5.41 Å². The zero-order chi connectivity index (χ0) is 21.5. The average Bonchev–Trinajstić information content (AvgIpc) is 3.15. The van der Waals surface area contributed by atoms with Gasteiger partial charge >= 0.3 is 0 Å². The molecule has 1 aromatic heterocycles. The smallest absolute Gasteiger partial charge is 0.226 e. The summed E-state index contributed by atoms with van der Waals surface area (Å²) in [4.78, 5) is 18.3. The Morgan fingerprint density at radius 3 is 2.41 bits per heavy atom. The number of rotatable bonds is 7. The lowest BCUT2D eigenvalue weighted by Gasteiger charge is -2.55. The van der Waals surface area contributed by atoms with Crippen LogP contribution in [0, 0.1) is 29.1 Å². The normalized spacial score (nSPS) is 31.9. The van der Waals surface area contributed by atoms with E-state index in [1.54, 1.807) is 0 Å². The van der Waals surface area contributed by atoms with Gasteiger partial charge in [-0.25, -0.2) is 4.98 Å². The molecular weight excluding hydrogens is 394 g/mol. The Hall–Kier alpha value is -1.84. The second-order valence-corrected chi connectivity index (χ2v) is 11.7. The molecule has 0 saturated heterocycles. The van der Waals surface area contributed by atoms with Gasteiger partial charge in [0.05, 0.1) is 11.0 Å². The summed E-state index contributed by atoms with van der Waals surface area (Å²) in [6, 6.07) is 8.55. The monoisotopic (exact) mass is 433 g/mol. The van der Waals surface area contributed by atoms with Crippen LogP contribution in [0.1, 0.15) is 82.9 Å². The van der Waals surface area contributed by atoms with Crippen LogP contribution >= 0.6 is 0 Å². The fourth-order valence-electron chi connectivity index (χ4n) is 8.22. The summed E-state index contributed by atoms with van der Waals surface area (Å²) < 4.78 is 2.45. The van der Waals surface area contributed by atoms with Crippen molar-refractivity contribution in [2.45, 2.75) is 90.0 Å². The number of hydrogen-bond donors (Lipinski definition) is 1. The van der Waals surface area contributed by atoms with Gasteiger partial charge in [-0.05, 0) is 80.8 Å². The summed E-state index contributed by atoms with van der Waals surface area (Å²) in [6.45, 7) is 1.77. The first-order valence-corrected chi connectivity index (χ1v) is 13.4. The topological polar surface area (TPSA) is 46.9 Å². The average molecular weight is 434 g/mol. The molecule has 0 aliphatic heterocycles. The third kappa shape index (κ3) is 3.88. The molecule has 1 N–H and O–H groups in total. The quantitative estimate of drug-likeness (QED) is 0.592. The van der Waals surface area contributed by atoms with Crippen molar-refractivity contribution in [3.05, 3.63) is 30.1 Å². The highest BCUT2D eigenvalue weighted by atomic mass is 16.2. The molecule has 5 fully saturated rings. The maximum Gasteiger partial charge on any atom is 0.226 e. The first-order valence-electron chi connectivity index (χ1n) is 13.4. The van der Waals surface area contributed by atoms with Crippen molar-refractivity contribution in [1.29, 1.82) is 0 Å². The SMILES string of the molecule is O=C(NCCc1nc2ccccc2n1CCC1CCCCC1)C12CC3CC(CC(C3)C1)C2. The molecule has 0 atom stereocenters. The first kappa shape index (κ1) is 20.7. The summed E-state index contributed by atoms with van der Waals surface area (Å²) in [5.74, 6) is 4.81. The van der Waals surface area contributed by atoms with Gasteiger partial charge in [0.25, 0.3) is 0 Å². The standard InChI is InChI=1S/C28H39N3O/c32-27(28-17-21-14-22(18-28)16-23(15-21)19-28)29-12-10-26-30-24-8-4-5-9-25(24)31(26)13-11-20-6-2-1-3-7-20/h4-5,8-9,20-23H,1-3,6-7,10-19H2,(H,29,32). The minimum atomic E-state index is -0.0458. The van der Waals surface area contributed by atoms with Gasteiger partial charge in [-0.2, -0.15) is 0 Å². The maximum absolute atomic E-state index is 13.3. The molecule has 2 aromatic rings. The van der Waals surface area contributed by atoms with Crippen molar-refractivity contribution in [2.75, 3.05) is 6.54 Å². The van der Waals surface area contributed by atoms with Gasteiger partial charge in [0, 0.05) is 24.9 Å². The molecule has 172 valence electrons. The van der Waals surface area contributed by atoms with Crippen LogP contribution in [0.5, 0.6) is 0 Å². The zero-order valence-electron chi connectivity index (χ0n) is 19.5. The number of aromatic nitrogens is 2. The Bertz CT molecular complexity index is 935. The number of imidazole rings is 1. The van der Waals surface area contributed by atoms with Crippen molar-refractivity contribution in [3.8, 4) is 0 Å². The summed E-state index contributed by atoms with van der Waals surface area (Å²) in [5, 5.41) is 3.37. The van der Waals surface area contributed by atoms with Crippen LogP contribution in [-0.4, -0.2) is 22.0 Å². The molecule has 0 radical (unpaired) electrons. The molecular formula is C28H39N3O. The molecule has 32 heavy (non-hydrogen) atoms. The number of carbonyl (C=O) groups is 1. The lowest BCUT2D eigenvalue weighted by Crippen LogP contribution is -2.53. The fourth-order valence-corrected chi connectivity index (χ4v) is 8.22. The second kappa shape index (κ2) is 8.50. The molecule has 4 heteroatoms. The second-order valence-electron chi connectivity index (χ2n) is 11.7. The summed E-state index contributed by atoms with van der Waals surface area (Å²) in [5.41, 5.74) is 2.31. The summed E-state index contributed by atoms with van der Waals surface area (Å²) in [6.07, 6.45) is 16.7. The highest BCUT2D eigenvalue weighted by Gasteiger charge is 2.54. The van der Waals surface area contributed by atoms with Crippen LogP contribution in [-0.2, 0) is 17.8 Å². The number of fused-ring (bicyclic) bond motifs is 1. The molecule has 7 rings (SSSR count). The number of benzene rings is 1. The minimum absolute atomic E-state index is 0.0458. The number of hydrogen-bond acceptors (Lipinski definition) is 2. The van der Waals surface area contributed by atoms with Crippen LogP contribution in [0.25, 0.3) is 11.0 Å². The number of nitrogens with zero attached hydrogens (tertiary/aromatic N) is 2. The maximum atomic E-state index is 13.3. The molecule has 4 nitrogen and oxygen atoms in total. The first-order chi connectivity index (χ1) is 15.7. The third-order valence-electron chi connectivity index (χ3n) is 9.37. The molecule has 1 aromatic carbocycles. The van der Waals surface area contributed by atoms with Crippen LogP contribution < -0.4 is 5.32 Å². The van der Waals surface area contributed by atoms with E-state index in [9.17, 15) is 4.79 Å². The van der Waals surface area contributed by atoms with Crippen molar-refractivity contribution in [2.24, 2.45) is 29.1 Å². The lowest BCUT2D eigenvalue weighted by molar-refractivity contribution is -0.146. The van der Waals surface area contributed by atoms with Crippen LogP contribution in [0.3, 0.4) is 0 Å². The molecule has 5 aliphatic carbocycles. The van der Waals surface area contributed by atoms with E-state index in [2.05, 4.69) is 34.1 Å². The largest absolute Gasteiger partial charge is 0.355 e. The van der Waals surface area contributed by atoms with Gasteiger partial charge in [-0.15, -0.1) is 0 Å². The van der Waals surface area contributed by atoms with Crippen molar-refractivity contribution in [1.82, 2.24) is 14.9 Å². The van der Waals surface area contributed by atoms with Gasteiger partial charge in [0.1, 0.15) is 5.82 Å². The van der Waals surface area contributed by atoms with Gasteiger partial charge in [-0.1, -0.05) is 44.2 Å². The van der Waals surface area contributed by atoms with Crippen LogP contribution in [0.4, 0.5) is 0 Å². The highest BCUT2D eigenvalue weighted by Crippen LogP contribution is 2.60. The Morgan fingerprint density at radius 1 is 1.00 bits per heavy atom. The minimum Gasteiger partial charge on any atom is -0.355 e. The molecule has 5 aliphatic rings. The number of amides is 1. The lowest BCUT2D eigenvalue weighted by atomic mass is 9.49. The Balaban J connectivity index is 1.12. The summed E-state index contributed by atoms with van der Waals surface area (Å²) in [7, 11) is 0. The number of nitrogens with one attached hydrogen (secondary N) is 1. The highest BCUT2D eigenvalue weighted by molar-refractivity contribution is 5.83. The van der Waals surface area contributed by atoms with Gasteiger partial charge < -0.3 is 9.88 Å². The number of para-hydroxylation sites is 2. The van der Waals surface area contributed by atoms with Gasteiger partial charge in [0.15, 0.2) is 0 Å². The molecule has 1 amide bonds.